The highest BCUT2D eigenvalue weighted by atomic mass is 15.3. The Balaban J connectivity index is 3.09. The van der Waals surface area contributed by atoms with Gasteiger partial charge in [-0.25, -0.2) is 0 Å². The van der Waals surface area contributed by atoms with Crippen LogP contribution in [0.4, 0.5) is 0 Å². The first-order valence-electron chi connectivity index (χ1n) is 7.78. The summed E-state index contributed by atoms with van der Waals surface area (Å²) in [6.45, 7) is 14.5. The van der Waals surface area contributed by atoms with Crippen molar-refractivity contribution in [1.82, 2.24) is 9.80 Å². The van der Waals surface area contributed by atoms with E-state index in [1.807, 2.05) is 0 Å². The first kappa shape index (κ1) is 9.90. The topological polar surface area (TPSA) is 6.48 Å². The molecule has 0 radical (unpaired) electrons. The van der Waals surface area contributed by atoms with Crippen LogP contribution in [-0.4, -0.2) is 46.1 Å². The van der Waals surface area contributed by atoms with E-state index >= 15 is 0 Å². The van der Waals surface area contributed by atoms with E-state index in [1.54, 1.807) is 0 Å². The Labute approximate surface area is 106 Å². The van der Waals surface area contributed by atoms with Crippen molar-refractivity contribution in [3.63, 3.8) is 0 Å². The van der Waals surface area contributed by atoms with E-state index in [-0.39, 0.29) is 17.1 Å². The first-order valence-corrected chi connectivity index (χ1v) is 6.28. The van der Waals surface area contributed by atoms with Crippen LogP contribution in [0.3, 0.4) is 0 Å². The van der Waals surface area contributed by atoms with Crippen LogP contribution in [0.1, 0.15) is 59.4 Å². The molecule has 1 aliphatic heterocycles. The summed E-state index contributed by atoms with van der Waals surface area (Å²) in [7, 11) is 0. The maximum absolute atomic E-state index is 7.89. The monoisotopic (exact) mass is 229 g/mol. The van der Waals surface area contributed by atoms with Crippen molar-refractivity contribution in [3.05, 3.63) is 0 Å². The van der Waals surface area contributed by atoms with Crippen LogP contribution in [0.15, 0.2) is 0 Å². The highest BCUT2D eigenvalue weighted by Crippen LogP contribution is 2.28. The molecule has 0 aromatic carbocycles. The molecule has 16 heavy (non-hydrogen) atoms. The molecule has 1 heterocycles. The summed E-state index contributed by atoms with van der Waals surface area (Å²) in [5.74, 6) is 0. The molecule has 0 unspecified atom stereocenters. The van der Waals surface area contributed by atoms with Gasteiger partial charge in [-0.15, -0.1) is 0 Å². The molecule has 2 nitrogen and oxygen atoms in total. The van der Waals surface area contributed by atoms with E-state index in [0.29, 0.717) is 6.54 Å². The van der Waals surface area contributed by atoms with E-state index < -0.39 is 12.9 Å². The molecule has 0 aromatic rings. The summed E-state index contributed by atoms with van der Waals surface area (Å²) in [5.41, 5.74) is -0.107. The lowest BCUT2D eigenvalue weighted by Crippen LogP contribution is -2.65. The summed E-state index contributed by atoms with van der Waals surface area (Å²) < 4.78 is 23.7. The third-order valence-electron chi connectivity index (χ3n) is 3.41. The molecular formula is C14H30N2. The van der Waals surface area contributed by atoms with Crippen LogP contribution in [0.5, 0.6) is 0 Å². The normalized spacial score (nSPS) is 34.3. The second kappa shape index (κ2) is 4.30. The average molecular weight is 229 g/mol. The molecule has 1 fully saturated rings. The van der Waals surface area contributed by atoms with Gasteiger partial charge in [-0.05, 0) is 55.3 Å². The highest BCUT2D eigenvalue weighted by Gasteiger charge is 2.38. The van der Waals surface area contributed by atoms with E-state index in [9.17, 15) is 0 Å². The van der Waals surface area contributed by atoms with Crippen molar-refractivity contribution >= 4 is 0 Å². The van der Waals surface area contributed by atoms with Crippen molar-refractivity contribution < 1.29 is 4.11 Å². The second-order valence-electron chi connectivity index (χ2n) is 7.02. The third kappa shape index (κ3) is 2.98. The Kier molecular flexibility index (Phi) is 2.66. The smallest absolute Gasteiger partial charge is 0.0247 e. The summed E-state index contributed by atoms with van der Waals surface area (Å²) in [6.07, 6.45) is 0. The molecule has 2 atom stereocenters. The molecule has 0 bridgehead atoms. The highest BCUT2D eigenvalue weighted by molar-refractivity contribution is 4.95. The minimum atomic E-state index is -1.94. The molecule has 0 N–H and O–H groups in total. The van der Waals surface area contributed by atoms with Gasteiger partial charge in [-0.2, -0.15) is 0 Å². The van der Waals surface area contributed by atoms with Crippen LogP contribution in [0.25, 0.3) is 0 Å². The predicted molar refractivity (Wildman–Crippen MR) is 71.8 cm³/mol. The lowest BCUT2D eigenvalue weighted by molar-refractivity contribution is -0.0500. The van der Waals surface area contributed by atoms with Crippen molar-refractivity contribution in [3.8, 4) is 0 Å². The van der Waals surface area contributed by atoms with Gasteiger partial charge in [0.15, 0.2) is 0 Å². The fourth-order valence-corrected chi connectivity index (χ4v) is 2.76. The molecular weight excluding hydrogens is 196 g/mol. The standard InChI is InChI=1S/C14H30N2/c1-11-9-15(13(3,4)5)10-12(2)16(11)14(6,7)8/h11-12H,9-10H2,1-8H3/t11-,12-/m0/s1/i1D3. The van der Waals surface area contributed by atoms with Crippen LogP contribution >= 0.6 is 0 Å². The van der Waals surface area contributed by atoms with Gasteiger partial charge in [0.2, 0.25) is 0 Å². The van der Waals surface area contributed by atoms with Gasteiger partial charge in [-0.3, -0.25) is 9.80 Å². The van der Waals surface area contributed by atoms with E-state index in [2.05, 4.69) is 58.3 Å². The summed E-state index contributed by atoms with van der Waals surface area (Å²) in [6, 6.07) is -0.145. The predicted octanol–water partition coefficient (Wildman–Crippen LogP) is 2.98. The Morgan fingerprint density at radius 3 is 1.81 bits per heavy atom. The Bertz CT molecular complexity index is 312. The summed E-state index contributed by atoms with van der Waals surface area (Å²) in [5, 5.41) is 0. The molecule has 1 aliphatic rings. The minimum Gasteiger partial charge on any atom is -0.295 e. The van der Waals surface area contributed by atoms with Gasteiger partial charge in [0.25, 0.3) is 0 Å². The van der Waals surface area contributed by atoms with E-state index in [4.69, 9.17) is 4.11 Å². The molecule has 2 heteroatoms. The zero-order chi connectivity index (χ0) is 15.2. The van der Waals surface area contributed by atoms with Gasteiger partial charge >= 0.3 is 0 Å². The number of piperazine rings is 1. The van der Waals surface area contributed by atoms with Crippen LogP contribution in [0.2, 0.25) is 0 Å². The molecule has 1 saturated heterocycles. The van der Waals surface area contributed by atoms with Crippen LogP contribution < -0.4 is 0 Å². The van der Waals surface area contributed by atoms with Crippen LogP contribution in [0, 0.1) is 0 Å². The fraction of sp³-hybridized carbons (Fsp3) is 1.00. The van der Waals surface area contributed by atoms with Crippen molar-refractivity contribution in [1.29, 1.82) is 0 Å². The average Bonchev–Trinajstić information content (AvgIpc) is 2.11. The minimum absolute atomic E-state index is 0.0156. The molecule has 96 valence electrons. The lowest BCUT2D eigenvalue weighted by Gasteiger charge is -2.53. The van der Waals surface area contributed by atoms with Crippen LogP contribution in [-0.2, 0) is 0 Å². The fourth-order valence-electron chi connectivity index (χ4n) is 2.76. The number of rotatable bonds is 0. The molecule has 0 aromatic heterocycles. The molecule has 0 spiro atoms. The Morgan fingerprint density at radius 2 is 1.44 bits per heavy atom. The third-order valence-corrected chi connectivity index (χ3v) is 3.41. The zero-order valence-electron chi connectivity index (χ0n) is 15.0. The molecule has 0 amide bonds. The summed E-state index contributed by atoms with van der Waals surface area (Å²) >= 11 is 0. The van der Waals surface area contributed by atoms with Crippen molar-refractivity contribution in [2.45, 2.75) is 78.5 Å². The quantitative estimate of drug-likeness (QED) is 0.630. The van der Waals surface area contributed by atoms with Gasteiger partial charge in [0.05, 0.1) is 0 Å². The number of hydrogen-bond acceptors (Lipinski definition) is 2. The molecule has 1 rings (SSSR count). The SMILES string of the molecule is [2H]C([2H])([2H])[C@H]1CN(C(C)(C)C)C[C@H](C)N1C(C)(C)C. The van der Waals surface area contributed by atoms with Gasteiger partial charge in [-0.1, -0.05) is 0 Å². The Hall–Kier alpha value is -0.0800. The summed E-state index contributed by atoms with van der Waals surface area (Å²) in [4.78, 5) is 4.49. The number of hydrogen-bond donors (Lipinski definition) is 0. The maximum atomic E-state index is 7.89. The molecule has 0 aliphatic carbocycles. The lowest BCUT2D eigenvalue weighted by atomic mass is 9.94. The van der Waals surface area contributed by atoms with E-state index in [1.165, 1.54) is 0 Å². The van der Waals surface area contributed by atoms with Gasteiger partial charge in [0, 0.05) is 40.4 Å². The van der Waals surface area contributed by atoms with Crippen molar-refractivity contribution in [2.24, 2.45) is 0 Å². The molecule has 0 saturated carbocycles. The van der Waals surface area contributed by atoms with E-state index in [0.717, 1.165) is 6.54 Å². The maximum Gasteiger partial charge on any atom is 0.0247 e. The zero-order valence-corrected chi connectivity index (χ0v) is 12.0. The largest absolute Gasteiger partial charge is 0.295 e. The van der Waals surface area contributed by atoms with Crippen molar-refractivity contribution in [2.75, 3.05) is 13.1 Å². The second-order valence-corrected chi connectivity index (χ2v) is 7.02. The van der Waals surface area contributed by atoms with Gasteiger partial charge < -0.3 is 0 Å². The Morgan fingerprint density at radius 1 is 0.938 bits per heavy atom. The number of nitrogens with zero attached hydrogens (tertiary/aromatic N) is 2. The van der Waals surface area contributed by atoms with Gasteiger partial charge in [0.1, 0.15) is 0 Å². The first-order chi connectivity index (χ1) is 8.24.